The van der Waals surface area contributed by atoms with Crippen LogP contribution in [0.3, 0.4) is 0 Å². The molecule has 0 amide bonds. The Hall–Kier alpha value is -0.870. The predicted molar refractivity (Wildman–Crippen MR) is 69.1 cm³/mol. The summed E-state index contributed by atoms with van der Waals surface area (Å²) in [6.07, 6.45) is 2.57. The monoisotopic (exact) mass is 266 g/mol. The molecule has 106 valence electrons. The Morgan fingerprint density at radius 1 is 1.42 bits per heavy atom. The second-order valence-corrected chi connectivity index (χ2v) is 6.75. The molecule has 2 aliphatic carbocycles. The first-order valence-electron chi connectivity index (χ1n) is 7.14. The summed E-state index contributed by atoms with van der Waals surface area (Å²) >= 11 is 0. The average Bonchev–Trinajstić information content (AvgIpc) is 2.61. The molecule has 0 aromatic carbocycles. The summed E-state index contributed by atoms with van der Waals surface area (Å²) in [6, 6.07) is 0. The molecule has 0 bridgehead atoms. The number of carbonyl (C=O) groups excluding carboxylic acids is 1. The van der Waals surface area contributed by atoms with E-state index in [4.69, 9.17) is 4.74 Å². The minimum atomic E-state index is -0.960. The molecular weight excluding hydrogens is 244 g/mol. The van der Waals surface area contributed by atoms with E-state index < -0.39 is 11.7 Å². The number of aliphatic hydroxyl groups excluding tert-OH is 1. The topological polar surface area (TPSA) is 66.8 Å². The van der Waals surface area contributed by atoms with Crippen molar-refractivity contribution in [3.8, 4) is 0 Å². The lowest BCUT2D eigenvalue weighted by molar-refractivity contribution is -0.144. The molecule has 1 saturated carbocycles. The zero-order valence-electron chi connectivity index (χ0n) is 11.7. The highest BCUT2D eigenvalue weighted by Crippen LogP contribution is 2.50. The van der Waals surface area contributed by atoms with Crippen molar-refractivity contribution in [2.45, 2.75) is 51.4 Å². The first-order valence-corrected chi connectivity index (χ1v) is 7.14. The van der Waals surface area contributed by atoms with Crippen LogP contribution in [-0.2, 0) is 9.53 Å². The first kappa shape index (κ1) is 13.1. The molecule has 0 spiro atoms. The van der Waals surface area contributed by atoms with Gasteiger partial charge in [-0.15, -0.1) is 0 Å². The number of esters is 1. The van der Waals surface area contributed by atoms with Gasteiger partial charge in [0, 0.05) is 18.3 Å². The molecule has 2 N–H and O–H groups in total. The second-order valence-electron chi connectivity index (χ2n) is 6.75. The van der Waals surface area contributed by atoms with Crippen LogP contribution in [0.1, 0.15) is 33.6 Å². The number of carbonyl (C=O) groups is 1. The lowest BCUT2D eigenvalue weighted by atomic mass is 9.84. The zero-order chi connectivity index (χ0) is 13.9. The van der Waals surface area contributed by atoms with Crippen molar-refractivity contribution in [2.75, 3.05) is 0 Å². The number of hydrogen-bond acceptors (Lipinski definition) is 4. The van der Waals surface area contributed by atoms with Crippen molar-refractivity contribution in [1.82, 2.24) is 0 Å². The van der Waals surface area contributed by atoms with Gasteiger partial charge in [-0.25, -0.2) is 0 Å². The maximum atomic E-state index is 11.7. The molecule has 1 heterocycles. The summed E-state index contributed by atoms with van der Waals surface area (Å²) in [6.45, 7) is 5.72. The van der Waals surface area contributed by atoms with Gasteiger partial charge in [-0.2, -0.15) is 0 Å². The fourth-order valence-electron chi connectivity index (χ4n) is 4.19. The maximum absolute atomic E-state index is 11.7. The molecule has 1 saturated heterocycles. The highest BCUT2D eigenvalue weighted by atomic mass is 16.6. The normalized spacial score (nSPS) is 53.1. The van der Waals surface area contributed by atoms with Crippen LogP contribution in [0.2, 0.25) is 0 Å². The van der Waals surface area contributed by atoms with E-state index in [1.54, 1.807) is 6.92 Å². The molecule has 4 nitrogen and oxygen atoms in total. The summed E-state index contributed by atoms with van der Waals surface area (Å²) < 4.78 is 5.45. The Morgan fingerprint density at radius 2 is 2.11 bits per heavy atom. The summed E-state index contributed by atoms with van der Waals surface area (Å²) in [5, 5.41) is 20.7. The number of aliphatic hydroxyl groups is 2. The molecule has 7 atom stereocenters. The van der Waals surface area contributed by atoms with Gasteiger partial charge in [-0.1, -0.05) is 19.9 Å². The van der Waals surface area contributed by atoms with Crippen LogP contribution >= 0.6 is 0 Å². The van der Waals surface area contributed by atoms with E-state index in [1.807, 2.05) is 13.0 Å². The van der Waals surface area contributed by atoms with Crippen LogP contribution in [0.4, 0.5) is 0 Å². The molecule has 0 aromatic heterocycles. The lowest BCUT2D eigenvalue weighted by Crippen LogP contribution is -2.25. The third-order valence-electron chi connectivity index (χ3n) is 5.24. The van der Waals surface area contributed by atoms with Crippen LogP contribution in [0.25, 0.3) is 0 Å². The molecular formula is C15H22O4. The summed E-state index contributed by atoms with van der Waals surface area (Å²) in [7, 11) is 0. The average molecular weight is 266 g/mol. The predicted octanol–water partition coefficient (Wildman–Crippen LogP) is 1.26. The highest BCUT2D eigenvalue weighted by molar-refractivity contribution is 5.75. The molecule has 0 radical (unpaired) electrons. The zero-order valence-corrected chi connectivity index (χ0v) is 11.7. The Kier molecular flexibility index (Phi) is 2.81. The smallest absolute Gasteiger partial charge is 0.309 e. The Balaban J connectivity index is 2.04. The molecule has 3 rings (SSSR count). The molecule has 3 aliphatic rings. The van der Waals surface area contributed by atoms with Crippen LogP contribution in [0, 0.1) is 23.7 Å². The molecule has 19 heavy (non-hydrogen) atoms. The number of fused-ring (bicyclic) bond motifs is 2. The van der Waals surface area contributed by atoms with Gasteiger partial charge in [-0.05, 0) is 24.8 Å². The molecule has 7 unspecified atom stereocenters. The first-order chi connectivity index (χ1) is 8.81. The number of hydrogen-bond donors (Lipinski definition) is 2. The fourth-order valence-corrected chi connectivity index (χ4v) is 4.19. The Labute approximate surface area is 113 Å². The van der Waals surface area contributed by atoms with E-state index in [0.717, 1.165) is 12.0 Å². The van der Waals surface area contributed by atoms with E-state index >= 15 is 0 Å². The van der Waals surface area contributed by atoms with Crippen molar-refractivity contribution in [3.63, 3.8) is 0 Å². The quantitative estimate of drug-likeness (QED) is 0.512. The second kappa shape index (κ2) is 4.06. The largest absolute Gasteiger partial charge is 0.461 e. The molecule has 0 aromatic rings. The molecule has 2 fully saturated rings. The summed E-state index contributed by atoms with van der Waals surface area (Å²) in [5.41, 5.74) is -0.0522. The van der Waals surface area contributed by atoms with Gasteiger partial charge in [0.25, 0.3) is 0 Å². The maximum Gasteiger partial charge on any atom is 0.309 e. The number of ether oxygens (including phenoxy) is 1. The standard InChI is InChI=1S/C15H22O4/c1-7-4-12-9(8(2)14(17)19-12)5-10-13(7)11(16)6-15(10,3)18/h5,7-9,11-13,16,18H,4,6H2,1-3H3. The van der Waals surface area contributed by atoms with Crippen molar-refractivity contribution in [1.29, 1.82) is 0 Å². The van der Waals surface area contributed by atoms with Gasteiger partial charge in [-0.3, -0.25) is 4.79 Å². The molecule has 4 heteroatoms. The summed E-state index contributed by atoms with van der Waals surface area (Å²) in [5.74, 6) is -0.0609. The summed E-state index contributed by atoms with van der Waals surface area (Å²) in [4.78, 5) is 11.7. The van der Waals surface area contributed by atoms with Gasteiger partial charge < -0.3 is 14.9 Å². The number of rotatable bonds is 0. The van der Waals surface area contributed by atoms with Gasteiger partial charge >= 0.3 is 5.97 Å². The lowest BCUT2D eigenvalue weighted by Gasteiger charge is -2.25. The van der Waals surface area contributed by atoms with Crippen molar-refractivity contribution in [2.24, 2.45) is 23.7 Å². The van der Waals surface area contributed by atoms with Crippen molar-refractivity contribution < 1.29 is 19.7 Å². The van der Waals surface area contributed by atoms with Crippen LogP contribution < -0.4 is 0 Å². The van der Waals surface area contributed by atoms with Gasteiger partial charge in [0.2, 0.25) is 0 Å². The Bertz CT molecular complexity index is 439. The van der Waals surface area contributed by atoms with Crippen molar-refractivity contribution in [3.05, 3.63) is 11.6 Å². The van der Waals surface area contributed by atoms with Crippen LogP contribution in [0.5, 0.6) is 0 Å². The van der Waals surface area contributed by atoms with Crippen molar-refractivity contribution >= 4 is 5.97 Å². The third-order valence-corrected chi connectivity index (χ3v) is 5.24. The van der Waals surface area contributed by atoms with Gasteiger partial charge in [0.1, 0.15) is 6.10 Å². The van der Waals surface area contributed by atoms with E-state index in [1.165, 1.54) is 0 Å². The third kappa shape index (κ3) is 1.84. The van der Waals surface area contributed by atoms with Crippen LogP contribution in [-0.4, -0.2) is 34.0 Å². The van der Waals surface area contributed by atoms with E-state index in [9.17, 15) is 15.0 Å². The minimum Gasteiger partial charge on any atom is -0.461 e. The van der Waals surface area contributed by atoms with E-state index in [2.05, 4.69) is 6.92 Å². The SMILES string of the molecule is CC1CC2OC(=O)C(C)C2C=C2C1C(O)CC2(C)O. The molecule has 1 aliphatic heterocycles. The van der Waals surface area contributed by atoms with Crippen LogP contribution in [0.15, 0.2) is 11.6 Å². The van der Waals surface area contributed by atoms with Gasteiger partial charge in [0.05, 0.1) is 17.6 Å². The minimum absolute atomic E-state index is 0.00787. The highest BCUT2D eigenvalue weighted by Gasteiger charge is 2.52. The van der Waals surface area contributed by atoms with Gasteiger partial charge in [0.15, 0.2) is 0 Å². The van der Waals surface area contributed by atoms with E-state index in [-0.39, 0.29) is 35.7 Å². The van der Waals surface area contributed by atoms with E-state index in [0.29, 0.717) is 6.42 Å². The Morgan fingerprint density at radius 3 is 2.79 bits per heavy atom. The fraction of sp³-hybridized carbons (Fsp3) is 0.800.